The van der Waals surface area contributed by atoms with Gasteiger partial charge in [-0.2, -0.15) is 0 Å². The molecule has 0 saturated carbocycles. The zero-order valence-electron chi connectivity index (χ0n) is 1.51. The average molecular weight is 201 g/mol. The molecule has 0 aromatic rings. The Morgan fingerprint density at radius 2 is 1.25 bits per heavy atom. The van der Waals surface area contributed by atoms with Crippen molar-refractivity contribution in [1.82, 2.24) is 0 Å². The molecule has 1 radical (unpaired) electrons. The number of hydrogen-bond donors (Lipinski definition) is 2. The maximum atomic E-state index is 7.06. The summed E-state index contributed by atoms with van der Waals surface area (Å²) in [5.41, 5.74) is 0. The molecule has 0 aromatic carbocycles. The molecule has 2 N–H and O–H groups in total. The van der Waals surface area contributed by atoms with E-state index in [1.54, 1.807) is 0 Å². The van der Waals surface area contributed by atoms with E-state index in [2.05, 4.69) is 0 Å². The van der Waals surface area contributed by atoms with Crippen molar-refractivity contribution in [2.24, 2.45) is 0 Å². The molecule has 4 heteroatoms. The van der Waals surface area contributed by atoms with Gasteiger partial charge in [-0.15, -0.1) is 0 Å². The Labute approximate surface area is 46.1 Å². The molecule has 0 fully saturated rings. The molecule has 0 heterocycles. The van der Waals surface area contributed by atoms with E-state index < -0.39 is 0 Å². The van der Waals surface area contributed by atoms with Crippen LogP contribution in [0.25, 0.3) is 0 Å². The molecule has 0 aliphatic carbocycles. The van der Waals surface area contributed by atoms with Crippen LogP contribution in [0.2, 0.25) is 0 Å². The van der Waals surface area contributed by atoms with Crippen LogP contribution in [0.4, 0.5) is 0 Å². The van der Waals surface area contributed by atoms with Crippen molar-refractivity contribution in [2.75, 3.05) is 0 Å². The summed E-state index contributed by atoms with van der Waals surface area (Å²) >= 11 is -0.375. The van der Waals surface area contributed by atoms with Crippen molar-refractivity contribution in [3.8, 4) is 0 Å². The third-order valence-corrected chi connectivity index (χ3v) is 0. The molecule has 0 unspecified atom stereocenters. The Hall–Kier alpha value is 1.15. The summed E-state index contributed by atoms with van der Waals surface area (Å²) < 4.78 is 14.1. The number of rotatable bonds is 0. The Bertz CT molecular complexity index is 6.00. The second-order valence-corrected chi connectivity index (χ2v) is 0.261. The van der Waals surface area contributed by atoms with Gasteiger partial charge >= 0.3 is 23.6 Å². The van der Waals surface area contributed by atoms with Gasteiger partial charge in [-0.05, 0) is 0 Å². The van der Waals surface area contributed by atoms with Crippen LogP contribution in [0.3, 0.4) is 0 Å². The molecule has 0 amide bonds. The van der Waals surface area contributed by atoms with Gasteiger partial charge in [-0.3, -0.25) is 0 Å². The van der Waals surface area contributed by atoms with Crippen LogP contribution in [-0.2, 0) is 37.5 Å². The quantitative estimate of drug-likeness (QED) is 0.487. The van der Waals surface area contributed by atoms with Gasteiger partial charge in [0.2, 0.25) is 0 Å². The molecule has 0 bridgehead atoms. The van der Waals surface area contributed by atoms with Crippen LogP contribution in [0.1, 0.15) is 0 Å². The van der Waals surface area contributed by atoms with Crippen molar-refractivity contribution < 1.29 is 46.0 Å². The maximum absolute atomic E-state index is 7.06. The molecule has 0 aromatic heterocycles. The standard InChI is InChI=1S/Ag.Ni.2H2O/h;;2*1H2/q;+2;;/p-2. The molecule has 0 spiro atoms. The molecule has 0 saturated heterocycles. The fourth-order valence-corrected chi connectivity index (χ4v) is 0. The van der Waals surface area contributed by atoms with Crippen LogP contribution < -0.4 is 0 Å². The first-order valence-corrected chi connectivity index (χ1v) is 1.17. The van der Waals surface area contributed by atoms with Gasteiger partial charge in [0.1, 0.15) is 0 Å². The van der Waals surface area contributed by atoms with E-state index in [4.69, 9.17) is 8.50 Å². The third kappa shape index (κ3) is 11.0. The average Bonchev–Trinajstić information content (AvgIpc) is 0.918. The van der Waals surface area contributed by atoms with E-state index in [-0.39, 0.29) is 37.5 Å². The topological polar surface area (TPSA) is 40.5 Å². The first-order chi connectivity index (χ1) is 1.41. The molecule has 0 atom stereocenters. The Morgan fingerprint density at radius 1 is 1.25 bits per heavy atom. The zero-order chi connectivity index (χ0) is 2.71. The van der Waals surface area contributed by atoms with E-state index in [0.29, 0.717) is 0 Å². The van der Waals surface area contributed by atoms with Crippen LogP contribution in [0.15, 0.2) is 0 Å². The van der Waals surface area contributed by atoms with Crippen LogP contribution in [-0.4, -0.2) is 8.50 Å². The minimum absolute atomic E-state index is 0. The summed E-state index contributed by atoms with van der Waals surface area (Å²) in [5, 5.41) is 0. The molecule has 0 aliphatic rings. The zero-order valence-corrected chi connectivity index (χ0v) is 3.98. The van der Waals surface area contributed by atoms with Gasteiger partial charge in [0, 0.05) is 22.4 Å². The molecule has 35 valence electrons. The summed E-state index contributed by atoms with van der Waals surface area (Å²) in [6.45, 7) is 0. The Morgan fingerprint density at radius 3 is 1.25 bits per heavy atom. The van der Waals surface area contributed by atoms with Gasteiger partial charge in [-0.25, -0.2) is 0 Å². The summed E-state index contributed by atoms with van der Waals surface area (Å²) in [4.78, 5) is 0. The van der Waals surface area contributed by atoms with Gasteiger partial charge in [0.05, 0.1) is 0 Å². The van der Waals surface area contributed by atoms with Crippen molar-refractivity contribution in [2.45, 2.75) is 0 Å². The minimum atomic E-state index is -0.375. The van der Waals surface area contributed by atoms with Crippen LogP contribution >= 0.6 is 0 Å². The summed E-state index contributed by atoms with van der Waals surface area (Å²) in [6, 6.07) is 0. The Kier molecular flexibility index (Phi) is 19.9. The predicted molar refractivity (Wildman–Crippen MR) is 4.44 cm³/mol. The van der Waals surface area contributed by atoms with Crippen LogP contribution in [0, 0.1) is 0 Å². The summed E-state index contributed by atoms with van der Waals surface area (Å²) in [7, 11) is 0. The van der Waals surface area contributed by atoms with E-state index in [9.17, 15) is 0 Å². The Balaban J connectivity index is 0. The molecule has 4 heavy (non-hydrogen) atoms. The van der Waals surface area contributed by atoms with E-state index >= 15 is 0 Å². The van der Waals surface area contributed by atoms with Gasteiger partial charge in [0.25, 0.3) is 0 Å². The monoisotopic (exact) mass is 199 g/mol. The molecule has 2 nitrogen and oxygen atoms in total. The van der Waals surface area contributed by atoms with Gasteiger partial charge in [0.15, 0.2) is 0 Å². The van der Waals surface area contributed by atoms with E-state index in [1.807, 2.05) is 0 Å². The fourth-order valence-electron chi connectivity index (χ4n) is 0. The summed E-state index contributed by atoms with van der Waals surface area (Å²) in [5.74, 6) is 0. The SMILES string of the molecule is [Ag].[OH][Ni][OH]. The molecular formula is H2AgNiO2. The first-order valence-electron chi connectivity index (χ1n) is 0.283. The second-order valence-electron chi connectivity index (χ2n) is 0.0632. The van der Waals surface area contributed by atoms with Crippen molar-refractivity contribution in [1.29, 1.82) is 0 Å². The van der Waals surface area contributed by atoms with Crippen molar-refractivity contribution in [3.05, 3.63) is 0 Å². The van der Waals surface area contributed by atoms with E-state index in [0.717, 1.165) is 0 Å². The predicted octanol–water partition coefficient (Wildman–Crippen LogP) is -1.12. The molecule has 0 rings (SSSR count). The van der Waals surface area contributed by atoms with Crippen molar-refractivity contribution >= 4 is 0 Å². The number of hydrogen-bond acceptors (Lipinski definition) is 2. The normalized spacial score (nSPS) is 5.50. The molecule has 0 aliphatic heterocycles. The first kappa shape index (κ1) is 8.94. The van der Waals surface area contributed by atoms with Crippen LogP contribution in [0.5, 0.6) is 0 Å². The molecular weight excluding hydrogens is 199 g/mol. The fraction of sp³-hybridized carbons (Fsp3) is 0. The van der Waals surface area contributed by atoms with Crippen molar-refractivity contribution in [3.63, 3.8) is 0 Å². The van der Waals surface area contributed by atoms with Gasteiger partial charge in [-0.1, -0.05) is 0 Å². The van der Waals surface area contributed by atoms with E-state index in [1.165, 1.54) is 0 Å². The summed E-state index contributed by atoms with van der Waals surface area (Å²) in [6.07, 6.45) is 0. The third-order valence-electron chi connectivity index (χ3n) is 0. The van der Waals surface area contributed by atoms with Gasteiger partial charge < -0.3 is 0 Å². The second kappa shape index (κ2) is 8.91.